The van der Waals surface area contributed by atoms with Gasteiger partial charge >= 0.3 is 6.09 Å². The first-order valence-electron chi connectivity index (χ1n) is 6.90. The van der Waals surface area contributed by atoms with E-state index in [9.17, 15) is 14.7 Å². The maximum Gasteiger partial charge on any atom is 0.407 e. The van der Waals surface area contributed by atoms with Crippen LogP contribution in [0.15, 0.2) is 24.3 Å². The van der Waals surface area contributed by atoms with Crippen molar-refractivity contribution in [3.8, 4) is 0 Å². The molecule has 5 heteroatoms. The average Bonchev–Trinajstić information content (AvgIpc) is 2.28. The van der Waals surface area contributed by atoms with E-state index < -0.39 is 23.7 Å². The Kier molecular flexibility index (Phi) is 5.76. The molecular weight excluding hydrogens is 270 g/mol. The number of aliphatic carboxylic acids is 1. The maximum absolute atomic E-state index is 11.7. The highest BCUT2D eigenvalue weighted by atomic mass is 16.6. The first kappa shape index (κ1) is 17.0. The Morgan fingerprint density at radius 3 is 2.29 bits per heavy atom. The second-order valence-corrected chi connectivity index (χ2v) is 6.11. The molecular formula is C16H22NO4-. The van der Waals surface area contributed by atoms with Gasteiger partial charge in [-0.25, -0.2) is 4.79 Å². The van der Waals surface area contributed by atoms with Gasteiger partial charge in [0.1, 0.15) is 5.60 Å². The van der Waals surface area contributed by atoms with Crippen molar-refractivity contribution >= 4 is 12.1 Å². The topological polar surface area (TPSA) is 78.5 Å². The number of rotatable bonds is 5. The zero-order chi connectivity index (χ0) is 16.0. The molecule has 1 aromatic rings. The molecule has 0 aromatic heterocycles. The lowest BCUT2D eigenvalue weighted by Gasteiger charge is -2.24. The van der Waals surface area contributed by atoms with Crippen molar-refractivity contribution in [2.24, 2.45) is 0 Å². The third-order valence-corrected chi connectivity index (χ3v) is 2.74. The minimum Gasteiger partial charge on any atom is -0.550 e. The molecule has 1 N–H and O–H groups in total. The van der Waals surface area contributed by atoms with Crippen LogP contribution in [0.5, 0.6) is 0 Å². The number of carbonyl (C=O) groups is 2. The molecule has 0 unspecified atom stereocenters. The summed E-state index contributed by atoms with van der Waals surface area (Å²) in [6.45, 7) is 7.22. The quantitative estimate of drug-likeness (QED) is 0.893. The van der Waals surface area contributed by atoms with Gasteiger partial charge in [-0.05, 0) is 39.7 Å². The van der Waals surface area contributed by atoms with Crippen LogP contribution < -0.4 is 10.4 Å². The molecule has 116 valence electrons. The van der Waals surface area contributed by atoms with Crippen LogP contribution >= 0.6 is 0 Å². The van der Waals surface area contributed by atoms with Gasteiger partial charge in [0, 0.05) is 18.4 Å². The van der Waals surface area contributed by atoms with Gasteiger partial charge in [-0.2, -0.15) is 0 Å². The monoisotopic (exact) mass is 292 g/mol. The summed E-state index contributed by atoms with van der Waals surface area (Å²) in [5.41, 5.74) is 1.44. The van der Waals surface area contributed by atoms with Crippen molar-refractivity contribution in [3.63, 3.8) is 0 Å². The first-order chi connectivity index (χ1) is 9.65. The molecule has 1 amide bonds. The third-order valence-electron chi connectivity index (χ3n) is 2.74. The molecule has 1 atom stereocenters. The van der Waals surface area contributed by atoms with E-state index in [1.54, 1.807) is 20.8 Å². The van der Waals surface area contributed by atoms with Crippen molar-refractivity contribution in [1.82, 2.24) is 5.32 Å². The van der Waals surface area contributed by atoms with E-state index >= 15 is 0 Å². The van der Waals surface area contributed by atoms with Crippen LogP contribution in [0.1, 0.15) is 38.3 Å². The molecule has 0 radical (unpaired) electrons. The second-order valence-electron chi connectivity index (χ2n) is 6.11. The number of hydrogen-bond donors (Lipinski definition) is 1. The van der Waals surface area contributed by atoms with Gasteiger partial charge < -0.3 is 20.0 Å². The van der Waals surface area contributed by atoms with Crippen LogP contribution in [0.3, 0.4) is 0 Å². The van der Waals surface area contributed by atoms with E-state index in [1.165, 1.54) is 0 Å². The standard InChI is InChI=1S/C16H23NO4/c1-11-5-7-12(8-6-11)9-13(10-14(18)19)17-15(20)21-16(2,3)4/h5-8,13H,9-10H2,1-4H3,(H,17,20)(H,18,19)/p-1/t13-/m0/s1. The van der Waals surface area contributed by atoms with Gasteiger partial charge in [0.25, 0.3) is 0 Å². The third kappa shape index (κ3) is 7.34. The molecule has 0 spiro atoms. The Hall–Kier alpha value is -2.04. The minimum absolute atomic E-state index is 0.257. The zero-order valence-electron chi connectivity index (χ0n) is 12.9. The Morgan fingerprint density at radius 2 is 1.81 bits per heavy atom. The molecule has 1 aromatic carbocycles. The molecule has 0 fully saturated rings. The highest BCUT2D eigenvalue weighted by Gasteiger charge is 2.19. The summed E-state index contributed by atoms with van der Waals surface area (Å²) in [7, 11) is 0. The lowest BCUT2D eigenvalue weighted by molar-refractivity contribution is -0.306. The van der Waals surface area contributed by atoms with Crippen LogP contribution in [0.2, 0.25) is 0 Å². The van der Waals surface area contributed by atoms with Gasteiger partial charge in [0.15, 0.2) is 0 Å². The van der Waals surface area contributed by atoms with E-state index in [0.29, 0.717) is 6.42 Å². The summed E-state index contributed by atoms with van der Waals surface area (Å²) in [5.74, 6) is -1.21. The van der Waals surface area contributed by atoms with Gasteiger partial charge in [0.05, 0.1) is 0 Å². The number of ether oxygens (including phenoxy) is 1. The smallest absolute Gasteiger partial charge is 0.407 e. The molecule has 1 rings (SSSR count). The lowest BCUT2D eigenvalue weighted by Crippen LogP contribution is -2.43. The van der Waals surface area contributed by atoms with Gasteiger partial charge in [0.2, 0.25) is 0 Å². The number of nitrogens with one attached hydrogen (secondary N) is 1. The van der Waals surface area contributed by atoms with E-state index in [4.69, 9.17) is 4.74 Å². The van der Waals surface area contributed by atoms with Crippen LogP contribution in [-0.4, -0.2) is 23.7 Å². The number of carboxylic acid groups (broad SMARTS) is 1. The van der Waals surface area contributed by atoms with Crippen molar-refractivity contribution in [2.45, 2.75) is 52.2 Å². The molecule has 5 nitrogen and oxygen atoms in total. The van der Waals surface area contributed by atoms with E-state index in [2.05, 4.69) is 5.32 Å². The predicted molar refractivity (Wildman–Crippen MR) is 77.7 cm³/mol. The second kappa shape index (κ2) is 7.11. The number of hydrogen-bond acceptors (Lipinski definition) is 4. The SMILES string of the molecule is Cc1ccc(C[C@@H](CC(=O)[O-])NC(=O)OC(C)(C)C)cc1. The highest BCUT2D eigenvalue weighted by Crippen LogP contribution is 2.10. The molecule has 21 heavy (non-hydrogen) atoms. The van der Waals surface area contributed by atoms with Crippen LogP contribution in [-0.2, 0) is 16.0 Å². The molecule has 0 saturated carbocycles. The van der Waals surface area contributed by atoms with Crippen molar-refractivity contribution in [3.05, 3.63) is 35.4 Å². The molecule has 0 bridgehead atoms. The fourth-order valence-corrected chi connectivity index (χ4v) is 1.86. The summed E-state index contributed by atoms with van der Waals surface area (Å²) >= 11 is 0. The van der Waals surface area contributed by atoms with Crippen molar-refractivity contribution in [2.75, 3.05) is 0 Å². The molecule has 0 heterocycles. The predicted octanol–water partition coefficient (Wildman–Crippen LogP) is 1.57. The highest BCUT2D eigenvalue weighted by molar-refractivity contribution is 5.70. The van der Waals surface area contributed by atoms with E-state index in [1.807, 2.05) is 31.2 Å². The van der Waals surface area contributed by atoms with Crippen molar-refractivity contribution in [1.29, 1.82) is 0 Å². The summed E-state index contributed by atoms with van der Waals surface area (Å²) in [6.07, 6.45) is -0.471. The van der Waals surface area contributed by atoms with Crippen LogP contribution in [0.25, 0.3) is 0 Å². The zero-order valence-corrected chi connectivity index (χ0v) is 12.9. The number of aryl methyl sites for hydroxylation is 1. The maximum atomic E-state index is 11.7. The van der Waals surface area contributed by atoms with E-state index in [-0.39, 0.29) is 6.42 Å². The normalized spacial score (nSPS) is 12.6. The number of carbonyl (C=O) groups excluding carboxylic acids is 2. The number of alkyl carbamates (subject to hydrolysis) is 1. The van der Waals surface area contributed by atoms with Gasteiger partial charge in [-0.3, -0.25) is 0 Å². The number of amides is 1. The van der Waals surface area contributed by atoms with Crippen molar-refractivity contribution < 1.29 is 19.4 Å². The van der Waals surface area contributed by atoms with E-state index in [0.717, 1.165) is 11.1 Å². The minimum atomic E-state index is -1.21. The van der Waals surface area contributed by atoms with Gasteiger partial charge in [-0.1, -0.05) is 29.8 Å². The average molecular weight is 292 g/mol. The molecule has 0 aliphatic heterocycles. The summed E-state index contributed by atoms with van der Waals surface area (Å²) < 4.78 is 5.14. The fraction of sp³-hybridized carbons (Fsp3) is 0.500. The molecule has 0 aliphatic carbocycles. The Labute approximate surface area is 125 Å². The Balaban J connectivity index is 2.69. The summed E-state index contributed by atoms with van der Waals surface area (Å²) in [6, 6.07) is 7.15. The number of carboxylic acids is 1. The fourth-order valence-electron chi connectivity index (χ4n) is 1.86. The summed E-state index contributed by atoms with van der Waals surface area (Å²) in [5, 5.41) is 13.4. The lowest BCUT2D eigenvalue weighted by atomic mass is 10.0. The largest absolute Gasteiger partial charge is 0.550 e. The van der Waals surface area contributed by atoms with Crippen LogP contribution in [0, 0.1) is 6.92 Å². The molecule has 0 aliphatic rings. The molecule has 0 saturated heterocycles. The summed E-state index contributed by atoms with van der Waals surface area (Å²) in [4.78, 5) is 22.6. The van der Waals surface area contributed by atoms with Crippen LogP contribution in [0.4, 0.5) is 4.79 Å². The Bertz CT molecular complexity index is 488. The first-order valence-corrected chi connectivity index (χ1v) is 6.90. The Morgan fingerprint density at radius 1 is 1.24 bits per heavy atom. The number of benzene rings is 1. The van der Waals surface area contributed by atoms with Gasteiger partial charge in [-0.15, -0.1) is 0 Å².